The number of guanidine groups is 1. The fourth-order valence-electron chi connectivity index (χ4n) is 5.10. The summed E-state index contributed by atoms with van der Waals surface area (Å²) in [6.45, 7) is 6.45. The van der Waals surface area contributed by atoms with Gasteiger partial charge in [-0.3, -0.25) is 33.8 Å². The second-order valence-electron chi connectivity index (χ2n) is 14.3. The van der Waals surface area contributed by atoms with E-state index in [0.717, 1.165) is 5.56 Å². The third-order valence-electron chi connectivity index (χ3n) is 7.97. The zero-order valence-electron chi connectivity index (χ0n) is 33.7. The van der Waals surface area contributed by atoms with Gasteiger partial charge in [-0.15, -0.1) is 0 Å². The minimum Gasteiger partial charge on any atom is -0.480 e. The van der Waals surface area contributed by atoms with Gasteiger partial charge in [0.2, 0.25) is 35.4 Å². The maximum atomic E-state index is 13.7. The fraction of sp³-hybridized carbons (Fsp3) is 0.583. The third kappa shape index (κ3) is 22.8. The summed E-state index contributed by atoms with van der Waals surface area (Å²) in [5.41, 5.74) is 22.7. The molecule has 0 aliphatic rings. The molecule has 1 rings (SSSR count). The zero-order chi connectivity index (χ0) is 46.3. The number of nitrogens with one attached hydrogen (secondary N) is 5. The Balaban J connectivity index is 0.00000453. The molecule has 338 valence electrons. The number of hydrogen-bond donors (Lipinski definition) is 12. The lowest BCUT2D eigenvalue weighted by Crippen LogP contribution is -2.60. The van der Waals surface area contributed by atoms with E-state index in [1.165, 1.54) is 0 Å². The molecule has 0 aliphatic heterocycles. The molecular weight excluding hydrogens is 805 g/mol. The number of aliphatic hydroxyl groups is 1. The summed E-state index contributed by atoms with van der Waals surface area (Å²) in [6.07, 6.45) is -5.29. The van der Waals surface area contributed by atoms with Gasteiger partial charge in [-0.1, -0.05) is 58.0 Å². The van der Waals surface area contributed by atoms with Gasteiger partial charge in [-0.25, -0.2) is 9.59 Å². The lowest BCUT2D eigenvalue weighted by molar-refractivity contribution is -0.192. The Morgan fingerprint density at radius 3 is 1.50 bits per heavy atom. The molecule has 6 amide bonds. The number of nitrogens with zero attached hydrogens (tertiary/aromatic N) is 1. The van der Waals surface area contributed by atoms with Crippen molar-refractivity contribution in [3.05, 3.63) is 35.9 Å². The maximum Gasteiger partial charge on any atom is 0.490 e. The van der Waals surface area contributed by atoms with Crippen LogP contribution in [0.3, 0.4) is 0 Å². The second kappa shape index (κ2) is 26.9. The first kappa shape index (κ1) is 54.0. The molecule has 24 heteroatoms. The van der Waals surface area contributed by atoms with Crippen LogP contribution in [0.5, 0.6) is 0 Å². The number of carbonyl (C=O) groups excluding carboxylic acids is 6. The van der Waals surface area contributed by atoms with E-state index < -0.39 is 103 Å². The standard InChI is InChI=1S/C34H56N10O9.C2HF3O2/c1-18(2)13-23(30(49)40-22(11-8-12-39-34(37)38)29(48)43-25(33(52)53)16-27(36)46)41-31(50)24(14-19(3)4)42-32(51)26(17-45)44-28(47)21(35)15-20-9-6-5-7-10-20;3-2(4,5)1(6)7/h5-7,9-10,18-19,21-26,45H,8,11-17,35H2,1-4H3,(H2,36,46)(H,40,49)(H,41,50)(H,42,51)(H,43,48)(H,44,47)(H,52,53)(H4,37,38,39);(H,6,7)/t21-,22-,23-,24-,25-,26-;/m0./s1. The SMILES string of the molecule is CC(C)C[C@H](NC(=O)[C@H](CC(C)C)NC(=O)[C@H](CO)NC(=O)[C@@H](N)Cc1ccccc1)C(=O)N[C@@H](CCCN=C(N)N)C(=O)N[C@@H](CC(N)=O)C(=O)O.O=C(O)C(F)(F)F. The minimum absolute atomic E-state index is 0.0606. The number of aliphatic carboxylic acids is 2. The molecule has 6 atom stereocenters. The molecular formula is C36H57F3N10O11. The molecule has 1 aromatic carbocycles. The highest BCUT2D eigenvalue weighted by Crippen LogP contribution is 2.13. The minimum atomic E-state index is -5.08. The van der Waals surface area contributed by atoms with Gasteiger partial charge in [-0.2, -0.15) is 13.2 Å². The summed E-state index contributed by atoms with van der Waals surface area (Å²) in [5, 5.41) is 38.9. The molecule has 16 N–H and O–H groups in total. The van der Waals surface area contributed by atoms with Crippen molar-refractivity contribution in [3.63, 3.8) is 0 Å². The number of primary amides is 1. The van der Waals surface area contributed by atoms with Gasteiger partial charge < -0.3 is 64.8 Å². The van der Waals surface area contributed by atoms with E-state index in [2.05, 4.69) is 31.6 Å². The fourth-order valence-corrected chi connectivity index (χ4v) is 5.10. The first-order valence-corrected chi connectivity index (χ1v) is 18.6. The van der Waals surface area contributed by atoms with Crippen molar-refractivity contribution in [1.82, 2.24) is 26.6 Å². The van der Waals surface area contributed by atoms with Crippen LogP contribution in [0, 0.1) is 11.8 Å². The van der Waals surface area contributed by atoms with Crippen molar-refractivity contribution in [2.75, 3.05) is 13.2 Å². The highest BCUT2D eigenvalue weighted by Gasteiger charge is 2.38. The third-order valence-corrected chi connectivity index (χ3v) is 7.97. The first-order chi connectivity index (χ1) is 27.8. The van der Waals surface area contributed by atoms with Crippen LogP contribution in [-0.2, 0) is 44.8 Å². The van der Waals surface area contributed by atoms with Crippen molar-refractivity contribution in [2.45, 2.75) is 109 Å². The smallest absolute Gasteiger partial charge is 0.480 e. The summed E-state index contributed by atoms with van der Waals surface area (Å²) in [5.74, 6) is -9.78. The number of aliphatic imine (C=N–C) groups is 1. The van der Waals surface area contributed by atoms with Gasteiger partial charge in [0.05, 0.1) is 19.1 Å². The van der Waals surface area contributed by atoms with Crippen LogP contribution < -0.4 is 49.5 Å². The van der Waals surface area contributed by atoms with Crippen molar-refractivity contribution in [3.8, 4) is 0 Å². The quantitative estimate of drug-likeness (QED) is 0.0296. The van der Waals surface area contributed by atoms with Gasteiger partial charge in [0, 0.05) is 6.54 Å². The molecule has 0 aromatic heterocycles. The molecule has 0 spiro atoms. The van der Waals surface area contributed by atoms with E-state index in [9.17, 15) is 56.9 Å². The van der Waals surface area contributed by atoms with Gasteiger partial charge in [0.15, 0.2) is 5.96 Å². The molecule has 0 bridgehead atoms. The molecule has 0 radical (unpaired) electrons. The van der Waals surface area contributed by atoms with E-state index in [1.54, 1.807) is 52.0 Å². The van der Waals surface area contributed by atoms with Crippen molar-refractivity contribution >= 4 is 53.3 Å². The Morgan fingerprint density at radius 1 is 0.683 bits per heavy atom. The van der Waals surface area contributed by atoms with Crippen LogP contribution in [0.15, 0.2) is 35.3 Å². The van der Waals surface area contributed by atoms with Crippen LogP contribution in [0.1, 0.15) is 65.4 Å². The second-order valence-corrected chi connectivity index (χ2v) is 14.3. The average molecular weight is 863 g/mol. The predicted octanol–water partition coefficient (Wildman–Crippen LogP) is -2.29. The number of benzene rings is 1. The number of alkyl halides is 3. The lowest BCUT2D eigenvalue weighted by Gasteiger charge is -2.28. The van der Waals surface area contributed by atoms with Crippen molar-refractivity contribution < 1.29 is 66.8 Å². The summed E-state index contributed by atoms with van der Waals surface area (Å²) < 4.78 is 31.7. The molecule has 0 saturated heterocycles. The number of carboxylic acids is 2. The Hall–Kier alpha value is -6.04. The van der Waals surface area contributed by atoms with Crippen molar-refractivity contribution in [1.29, 1.82) is 0 Å². The number of aliphatic hydroxyl groups excluding tert-OH is 1. The number of rotatable bonds is 24. The molecule has 60 heavy (non-hydrogen) atoms. The Bertz CT molecular complexity index is 1630. The highest BCUT2D eigenvalue weighted by molar-refractivity contribution is 5.96. The molecule has 1 aromatic rings. The van der Waals surface area contributed by atoms with Gasteiger partial charge in [-0.05, 0) is 49.5 Å². The first-order valence-electron chi connectivity index (χ1n) is 18.6. The number of nitrogens with two attached hydrogens (primary N) is 4. The monoisotopic (exact) mass is 862 g/mol. The van der Waals surface area contributed by atoms with Crippen molar-refractivity contribution in [2.24, 2.45) is 39.8 Å². The molecule has 0 heterocycles. The van der Waals surface area contributed by atoms with Gasteiger partial charge in [0.1, 0.15) is 30.2 Å². The van der Waals surface area contributed by atoms with Crippen LogP contribution in [-0.4, -0.2) is 124 Å². The largest absolute Gasteiger partial charge is 0.490 e. The highest BCUT2D eigenvalue weighted by atomic mass is 19.4. The number of halogens is 3. The Labute approximate surface area is 344 Å². The van der Waals surface area contributed by atoms with Crippen LogP contribution in [0.4, 0.5) is 13.2 Å². The Morgan fingerprint density at radius 2 is 1.10 bits per heavy atom. The number of amides is 6. The van der Waals surface area contributed by atoms with Crippen LogP contribution in [0.25, 0.3) is 0 Å². The number of carboxylic acid groups (broad SMARTS) is 2. The van der Waals surface area contributed by atoms with Crippen LogP contribution in [0.2, 0.25) is 0 Å². The summed E-state index contributed by atoms with van der Waals surface area (Å²) >= 11 is 0. The van der Waals surface area contributed by atoms with Gasteiger partial charge >= 0.3 is 18.1 Å². The lowest BCUT2D eigenvalue weighted by atomic mass is 9.99. The Kier molecular flexibility index (Phi) is 24.2. The van der Waals surface area contributed by atoms with E-state index in [0.29, 0.717) is 0 Å². The molecule has 0 unspecified atom stereocenters. The van der Waals surface area contributed by atoms with E-state index >= 15 is 0 Å². The van der Waals surface area contributed by atoms with E-state index in [1.807, 2.05) is 6.07 Å². The molecule has 0 aliphatic carbocycles. The predicted molar refractivity (Wildman–Crippen MR) is 209 cm³/mol. The van der Waals surface area contributed by atoms with Crippen LogP contribution >= 0.6 is 0 Å². The summed E-state index contributed by atoms with van der Waals surface area (Å²) in [4.78, 5) is 102. The molecule has 21 nitrogen and oxygen atoms in total. The molecule has 0 saturated carbocycles. The summed E-state index contributed by atoms with van der Waals surface area (Å²) in [6, 6.07) is 1.04. The average Bonchev–Trinajstić information content (AvgIpc) is 3.13. The maximum absolute atomic E-state index is 13.7. The van der Waals surface area contributed by atoms with Gasteiger partial charge in [0.25, 0.3) is 0 Å². The van der Waals surface area contributed by atoms with E-state index in [4.69, 9.17) is 32.8 Å². The zero-order valence-corrected chi connectivity index (χ0v) is 33.7. The normalized spacial score (nSPS) is 14.1. The molecule has 0 fully saturated rings. The van der Waals surface area contributed by atoms with E-state index in [-0.39, 0.29) is 56.4 Å². The number of carbonyl (C=O) groups is 8. The number of hydrogen-bond acceptors (Lipinski definition) is 11. The topological polar surface area (TPSA) is 374 Å². The summed E-state index contributed by atoms with van der Waals surface area (Å²) in [7, 11) is 0.